The van der Waals surface area contributed by atoms with Gasteiger partial charge in [-0.1, -0.05) is 85.4 Å². The minimum absolute atomic E-state index is 0.0648. The van der Waals surface area contributed by atoms with E-state index in [0.29, 0.717) is 17.3 Å². The maximum atomic E-state index is 13.2. The third-order valence-electron chi connectivity index (χ3n) is 6.04. The number of nitrogens with one attached hydrogen (secondary N) is 3. The number of thioether (sulfide) groups is 1. The molecule has 0 saturated heterocycles. The zero-order valence-electron chi connectivity index (χ0n) is 21.6. The molecule has 0 aliphatic carbocycles. The fourth-order valence-corrected chi connectivity index (χ4v) is 5.96. The molecule has 8 nitrogen and oxygen atoms in total. The van der Waals surface area contributed by atoms with E-state index in [0.717, 1.165) is 22.5 Å². The van der Waals surface area contributed by atoms with Crippen molar-refractivity contribution in [3.63, 3.8) is 0 Å². The van der Waals surface area contributed by atoms with Gasteiger partial charge >= 0.3 is 0 Å². The molecule has 1 atom stereocenters. The second-order valence-corrected chi connectivity index (χ2v) is 11.7. The smallest absolute Gasteiger partial charge is 0.263 e. The minimum atomic E-state index is -3.81. The van der Waals surface area contributed by atoms with Crippen molar-refractivity contribution in [2.75, 3.05) is 10.0 Å². The van der Waals surface area contributed by atoms with E-state index in [9.17, 15) is 13.2 Å². The van der Waals surface area contributed by atoms with Crippen LogP contribution >= 0.6 is 11.8 Å². The summed E-state index contributed by atoms with van der Waals surface area (Å²) in [5, 5.41) is 3.11. The highest BCUT2D eigenvalue weighted by molar-refractivity contribution is 8.00. The average Bonchev–Trinajstić information content (AvgIpc) is 3.41. The van der Waals surface area contributed by atoms with Crippen LogP contribution in [-0.2, 0) is 14.8 Å². The van der Waals surface area contributed by atoms with Gasteiger partial charge in [0, 0.05) is 23.0 Å². The monoisotopic (exact) mass is 569 g/mol. The van der Waals surface area contributed by atoms with Crippen LogP contribution in [0.15, 0.2) is 119 Å². The Kier molecular flexibility index (Phi) is 8.28. The Morgan fingerprint density at radius 1 is 0.875 bits per heavy atom. The fraction of sp³-hybridized carbons (Fsp3) is 0.100. The number of aromatic nitrogens is 3. The maximum absolute atomic E-state index is 13.2. The van der Waals surface area contributed by atoms with E-state index >= 15 is 0 Å². The predicted molar refractivity (Wildman–Crippen MR) is 160 cm³/mol. The van der Waals surface area contributed by atoms with Crippen molar-refractivity contribution in [1.82, 2.24) is 15.0 Å². The molecule has 5 rings (SSSR count). The third kappa shape index (κ3) is 6.41. The molecule has 0 radical (unpaired) electrons. The topological polar surface area (TPSA) is 117 Å². The molecule has 40 heavy (non-hydrogen) atoms. The number of carbonyl (C=O) groups excluding carboxylic acids is 1. The normalized spacial score (nSPS) is 12.0. The van der Waals surface area contributed by atoms with Gasteiger partial charge in [0.25, 0.3) is 10.0 Å². The molecule has 10 heteroatoms. The molecule has 0 spiro atoms. The van der Waals surface area contributed by atoms with Crippen molar-refractivity contribution < 1.29 is 13.2 Å². The molecular weight excluding hydrogens is 542 g/mol. The summed E-state index contributed by atoms with van der Waals surface area (Å²) in [6, 6.07) is 30.9. The van der Waals surface area contributed by atoms with Crippen LogP contribution in [0, 0.1) is 0 Å². The maximum Gasteiger partial charge on any atom is 0.263 e. The van der Waals surface area contributed by atoms with Gasteiger partial charge in [-0.3, -0.25) is 9.52 Å². The Hall–Kier alpha value is -4.41. The molecule has 0 bridgehead atoms. The van der Waals surface area contributed by atoms with Crippen LogP contribution < -0.4 is 10.0 Å². The van der Waals surface area contributed by atoms with Crippen molar-refractivity contribution in [2.24, 2.45) is 0 Å². The lowest BCUT2D eigenvalue weighted by Gasteiger charge is -2.14. The molecule has 202 valence electrons. The van der Waals surface area contributed by atoms with Crippen molar-refractivity contribution in [2.45, 2.75) is 28.6 Å². The van der Waals surface area contributed by atoms with E-state index in [2.05, 4.69) is 20.0 Å². The molecule has 2 aromatic heterocycles. The number of H-pyrrole nitrogens is 1. The summed E-state index contributed by atoms with van der Waals surface area (Å²) in [5.74, 6) is 0.0279. The molecule has 2 heterocycles. The van der Waals surface area contributed by atoms with Crippen LogP contribution in [0.1, 0.15) is 13.3 Å². The molecule has 3 aromatic carbocycles. The Balaban J connectivity index is 1.31. The molecule has 1 unspecified atom stereocenters. The van der Waals surface area contributed by atoms with Gasteiger partial charge < -0.3 is 10.3 Å². The van der Waals surface area contributed by atoms with Gasteiger partial charge in [-0.15, -0.1) is 0 Å². The lowest BCUT2D eigenvalue weighted by atomic mass is 10.1. The van der Waals surface area contributed by atoms with Crippen LogP contribution in [0.3, 0.4) is 0 Å². The van der Waals surface area contributed by atoms with E-state index in [4.69, 9.17) is 4.98 Å². The Labute approximate surface area is 237 Å². The molecule has 0 aliphatic heterocycles. The van der Waals surface area contributed by atoms with E-state index in [1.165, 1.54) is 30.1 Å². The Morgan fingerprint density at radius 3 is 2.15 bits per heavy atom. The van der Waals surface area contributed by atoms with Gasteiger partial charge in [-0.25, -0.2) is 18.4 Å². The summed E-state index contributed by atoms with van der Waals surface area (Å²) < 4.78 is 27.8. The lowest BCUT2D eigenvalue weighted by molar-refractivity contribution is -0.115. The first-order valence-corrected chi connectivity index (χ1v) is 15.0. The van der Waals surface area contributed by atoms with Gasteiger partial charge in [-0.05, 0) is 42.8 Å². The summed E-state index contributed by atoms with van der Waals surface area (Å²) in [5.41, 5.74) is 4.19. The van der Waals surface area contributed by atoms with Crippen molar-refractivity contribution in [3.8, 4) is 22.5 Å². The number of anilines is 2. The second kappa shape index (κ2) is 12.2. The minimum Gasteiger partial charge on any atom is -0.332 e. The first-order valence-electron chi connectivity index (χ1n) is 12.6. The summed E-state index contributed by atoms with van der Waals surface area (Å²) >= 11 is 1.36. The number of benzene rings is 3. The first kappa shape index (κ1) is 27.2. The number of hydrogen-bond acceptors (Lipinski definition) is 6. The summed E-state index contributed by atoms with van der Waals surface area (Å²) in [6.45, 7) is 1.94. The predicted octanol–water partition coefficient (Wildman–Crippen LogP) is 6.45. The van der Waals surface area contributed by atoms with Crippen molar-refractivity contribution in [3.05, 3.63) is 109 Å². The number of hydrogen-bond donors (Lipinski definition) is 3. The summed E-state index contributed by atoms with van der Waals surface area (Å²) in [4.78, 5) is 25.5. The van der Waals surface area contributed by atoms with Crippen LogP contribution in [-0.4, -0.2) is 34.5 Å². The number of imidazole rings is 1. The van der Waals surface area contributed by atoms with Gasteiger partial charge in [0.15, 0.2) is 5.16 Å². The Bertz CT molecular complexity index is 1620. The van der Waals surface area contributed by atoms with Gasteiger partial charge in [0.05, 0.1) is 21.5 Å². The number of sulfonamides is 1. The highest BCUT2D eigenvalue weighted by Crippen LogP contribution is 2.34. The fourth-order valence-electron chi connectivity index (χ4n) is 4.04. The SMILES string of the molecule is CCC(Sc1nc(-c2ccccc2)c(-c2ccccc2)[nH]1)C(=O)Nc1ccc(S(=O)(=O)Nc2ccccn2)cc1. The van der Waals surface area contributed by atoms with Crippen molar-refractivity contribution >= 4 is 39.2 Å². The van der Waals surface area contributed by atoms with Gasteiger partial charge in [-0.2, -0.15) is 0 Å². The van der Waals surface area contributed by atoms with E-state index in [1.54, 1.807) is 30.3 Å². The van der Waals surface area contributed by atoms with Crippen LogP contribution in [0.2, 0.25) is 0 Å². The molecule has 3 N–H and O–H groups in total. The highest BCUT2D eigenvalue weighted by Gasteiger charge is 2.23. The quantitative estimate of drug-likeness (QED) is 0.167. The van der Waals surface area contributed by atoms with Crippen LogP contribution in [0.5, 0.6) is 0 Å². The Morgan fingerprint density at radius 2 is 1.52 bits per heavy atom. The van der Waals surface area contributed by atoms with E-state index in [1.807, 2.05) is 67.6 Å². The zero-order valence-corrected chi connectivity index (χ0v) is 23.2. The van der Waals surface area contributed by atoms with Crippen LogP contribution in [0.4, 0.5) is 11.5 Å². The van der Waals surface area contributed by atoms with E-state index in [-0.39, 0.29) is 16.6 Å². The number of rotatable bonds is 10. The number of amides is 1. The molecule has 1 amide bonds. The van der Waals surface area contributed by atoms with E-state index < -0.39 is 15.3 Å². The molecular formula is C30H27N5O3S2. The summed E-state index contributed by atoms with van der Waals surface area (Å²) in [7, 11) is -3.81. The van der Waals surface area contributed by atoms with Gasteiger partial charge in [0.2, 0.25) is 5.91 Å². The highest BCUT2D eigenvalue weighted by atomic mass is 32.2. The molecule has 0 fully saturated rings. The third-order valence-corrected chi connectivity index (χ3v) is 8.66. The molecule has 0 saturated carbocycles. The summed E-state index contributed by atoms with van der Waals surface area (Å²) in [6.07, 6.45) is 2.07. The average molecular weight is 570 g/mol. The van der Waals surface area contributed by atoms with Crippen molar-refractivity contribution in [1.29, 1.82) is 0 Å². The molecule has 5 aromatic rings. The lowest BCUT2D eigenvalue weighted by Crippen LogP contribution is -2.24. The standard InChI is InChI=1S/C30H27N5O3S2/c1-2-25(29(36)32-23-16-18-24(19-17-23)40(37,38)35-26-15-9-10-20-31-26)39-30-33-27(21-11-5-3-6-12-21)28(34-30)22-13-7-4-8-14-22/h3-20,25H,2H2,1H3,(H,31,35)(H,32,36)(H,33,34). The number of nitrogens with zero attached hydrogens (tertiary/aromatic N) is 2. The van der Waals surface area contributed by atoms with Gasteiger partial charge in [0.1, 0.15) is 5.82 Å². The largest absolute Gasteiger partial charge is 0.332 e. The number of pyridine rings is 1. The number of aromatic amines is 1. The van der Waals surface area contributed by atoms with Crippen LogP contribution in [0.25, 0.3) is 22.5 Å². The zero-order chi connectivity index (χ0) is 28.0. The molecule has 0 aliphatic rings. The second-order valence-electron chi connectivity index (χ2n) is 8.85. The first-order chi connectivity index (χ1) is 19.4. The number of carbonyl (C=O) groups is 1.